The van der Waals surface area contributed by atoms with E-state index >= 15 is 0 Å². The number of carbonyl (C=O) groups is 2. The lowest BCUT2D eigenvalue weighted by atomic mass is 10.00. The molecule has 0 heterocycles. The van der Waals surface area contributed by atoms with E-state index in [9.17, 15) is 18.4 Å². The van der Waals surface area contributed by atoms with Crippen molar-refractivity contribution < 1.29 is 23.1 Å². The number of carbonyl (C=O) groups excluding carboxylic acids is 2. The zero-order valence-corrected chi connectivity index (χ0v) is 14.4. The van der Waals surface area contributed by atoms with E-state index in [0.717, 1.165) is 28.8 Å². The van der Waals surface area contributed by atoms with Crippen LogP contribution in [0.4, 0.5) is 14.5 Å². The van der Waals surface area contributed by atoms with Crippen LogP contribution in [0.5, 0.6) is 0 Å². The zero-order chi connectivity index (χ0) is 18.7. The Morgan fingerprint density at radius 1 is 1.04 bits per heavy atom. The number of para-hydroxylation sites is 1. The number of rotatable bonds is 4. The minimum Gasteiger partial charge on any atom is -0.449 e. The summed E-state index contributed by atoms with van der Waals surface area (Å²) in [6.45, 7) is 6.80. The van der Waals surface area contributed by atoms with E-state index in [4.69, 9.17) is 4.74 Å². The van der Waals surface area contributed by atoms with Gasteiger partial charge >= 0.3 is 5.97 Å². The number of amides is 1. The van der Waals surface area contributed by atoms with Gasteiger partial charge < -0.3 is 10.1 Å². The Labute approximate surface area is 144 Å². The third-order valence-corrected chi connectivity index (χ3v) is 3.75. The molecule has 6 heteroatoms. The fraction of sp³-hybridized carbons (Fsp3) is 0.263. The summed E-state index contributed by atoms with van der Waals surface area (Å²) >= 11 is 0. The lowest BCUT2D eigenvalue weighted by molar-refractivity contribution is -0.123. The van der Waals surface area contributed by atoms with Crippen molar-refractivity contribution in [1.29, 1.82) is 0 Å². The molecule has 0 saturated carbocycles. The number of benzene rings is 2. The first-order valence-electron chi connectivity index (χ1n) is 7.74. The van der Waals surface area contributed by atoms with Crippen LogP contribution in [-0.2, 0) is 9.53 Å². The van der Waals surface area contributed by atoms with Crippen molar-refractivity contribution in [3.05, 3.63) is 64.2 Å². The van der Waals surface area contributed by atoms with Crippen molar-refractivity contribution in [1.82, 2.24) is 0 Å². The quantitative estimate of drug-likeness (QED) is 0.848. The van der Waals surface area contributed by atoms with Crippen LogP contribution in [-0.4, -0.2) is 18.0 Å². The molecule has 0 aliphatic heterocycles. The second-order valence-corrected chi connectivity index (χ2v) is 5.91. The number of halogens is 2. The fourth-order valence-electron chi connectivity index (χ4n) is 2.62. The first kappa shape index (κ1) is 18.6. The first-order chi connectivity index (χ1) is 11.7. The minimum absolute atomic E-state index is 0.377. The molecule has 2 aromatic rings. The third-order valence-electron chi connectivity index (χ3n) is 3.75. The predicted molar refractivity (Wildman–Crippen MR) is 90.5 cm³/mol. The van der Waals surface area contributed by atoms with Crippen molar-refractivity contribution in [2.75, 3.05) is 5.32 Å². The molecule has 0 radical (unpaired) electrons. The molecule has 25 heavy (non-hydrogen) atoms. The van der Waals surface area contributed by atoms with Crippen molar-refractivity contribution in [3.63, 3.8) is 0 Å². The molecule has 0 aliphatic carbocycles. The number of hydrogen-bond acceptors (Lipinski definition) is 3. The van der Waals surface area contributed by atoms with Crippen LogP contribution in [0.3, 0.4) is 0 Å². The molecule has 0 bridgehead atoms. The smallest absolute Gasteiger partial charge is 0.339 e. The molecule has 1 unspecified atom stereocenters. The largest absolute Gasteiger partial charge is 0.449 e. The van der Waals surface area contributed by atoms with Crippen molar-refractivity contribution in [2.24, 2.45) is 0 Å². The van der Waals surface area contributed by atoms with Gasteiger partial charge in [-0.1, -0.05) is 23.8 Å². The molecule has 2 rings (SSSR count). The van der Waals surface area contributed by atoms with Gasteiger partial charge in [0.15, 0.2) is 6.10 Å². The number of nitrogens with one attached hydrogen (secondary N) is 1. The molecule has 1 N–H and O–H groups in total. The molecule has 0 fully saturated rings. The summed E-state index contributed by atoms with van der Waals surface area (Å²) in [5.41, 5.74) is 2.28. The summed E-state index contributed by atoms with van der Waals surface area (Å²) in [6.07, 6.45) is -1.22. The van der Waals surface area contributed by atoms with E-state index in [1.165, 1.54) is 13.0 Å². The maximum atomic E-state index is 13.6. The highest BCUT2D eigenvalue weighted by atomic mass is 19.1. The number of aryl methyl sites for hydroxylation is 3. The van der Waals surface area contributed by atoms with Crippen LogP contribution in [0, 0.1) is 32.4 Å². The molecular formula is C19H19F2NO3. The maximum absolute atomic E-state index is 13.6. The van der Waals surface area contributed by atoms with Crippen LogP contribution in [0.2, 0.25) is 0 Å². The van der Waals surface area contributed by atoms with Gasteiger partial charge in [0, 0.05) is 0 Å². The summed E-state index contributed by atoms with van der Waals surface area (Å²) in [5, 5.41) is 2.11. The molecule has 4 nitrogen and oxygen atoms in total. The topological polar surface area (TPSA) is 55.4 Å². The highest BCUT2D eigenvalue weighted by Crippen LogP contribution is 2.20. The van der Waals surface area contributed by atoms with Crippen LogP contribution < -0.4 is 5.32 Å². The minimum atomic E-state index is -1.22. The lowest BCUT2D eigenvalue weighted by Crippen LogP contribution is -2.31. The highest BCUT2D eigenvalue weighted by Gasteiger charge is 2.23. The van der Waals surface area contributed by atoms with Gasteiger partial charge in [-0.3, -0.25) is 4.79 Å². The molecule has 0 spiro atoms. The van der Waals surface area contributed by atoms with E-state index in [1.807, 2.05) is 19.1 Å². The average Bonchev–Trinajstić information content (AvgIpc) is 2.49. The summed E-state index contributed by atoms with van der Waals surface area (Å²) in [7, 11) is 0. The van der Waals surface area contributed by atoms with Gasteiger partial charge in [0.25, 0.3) is 5.91 Å². The molecule has 132 valence electrons. The molecule has 2 aromatic carbocycles. The number of ether oxygens (including phenoxy) is 1. The summed E-state index contributed by atoms with van der Waals surface area (Å²) in [5.74, 6) is -3.29. The SMILES string of the molecule is Cc1cc(C)c(C(=O)OC(C)C(=O)Nc2c(F)cccc2F)c(C)c1. The summed E-state index contributed by atoms with van der Waals surface area (Å²) in [6, 6.07) is 6.90. The van der Waals surface area contributed by atoms with E-state index in [0.29, 0.717) is 5.56 Å². The normalized spacial score (nSPS) is 11.8. The van der Waals surface area contributed by atoms with Crippen LogP contribution in [0.15, 0.2) is 30.3 Å². The van der Waals surface area contributed by atoms with Gasteiger partial charge in [-0.05, 0) is 51.0 Å². The van der Waals surface area contributed by atoms with Crippen LogP contribution >= 0.6 is 0 Å². The second kappa shape index (κ2) is 7.42. The number of hydrogen-bond donors (Lipinski definition) is 1. The van der Waals surface area contributed by atoms with E-state index < -0.39 is 35.3 Å². The molecule has 1 amide bonds. The Balaban J connectivity index is 2.13. The van der Waals surface area contributed by atoms with Gasteiger partial charge in [0.2, 0.25) is 0 Å². The Bertz CT molecular complexity index is 790. The second-order valence-electron chi connectivity index (χ2n) is 5.91. The Hall–Kier alpha value is -2.76. The first-order valence-corrected chi connectivity index (χ1v) is 7.74. The highest BCUT2D eigenvalue weighted by molar-refractivity contribution is 5.98. The molecule has 0 aromatic heterocycles. The van der Waals surface area contributed by atoms with Gasteiger partial charge in [0.1, 0.15) is 17.3 Å². The molecule has 1 atom stereocenters. The van der Waals surface area contributed by atoms with Crippen LogP contribution in [0.25, 0.3) is 0 Å². The predicted octanol–water partition coefficient (Wildman–Crippen LogP) is 4.07. The van der Waals surface area contributed by atoms with Gasteiger partial charge in [-0.25, -0.2) is 13.6 Å². The number of anilines is 1. The number of esters is 1. The Morgan fingerprint density at radius 2 is 1.56 bits per heavy atom. The van der Waals surface area contributed by atoms with Crippen molar-refractivity contribution in [2.45, 2.75) is 33.8 Å². The third kappa shape index (κ3) is 4.21. The Morgan fingerprint density at radius 3 is 2.08 bits per heavy atom. The fourth-order valence-corrected chi connectivity index (χ4v) is 2.62. The monoisotopic (exact) mass is 347 g/mol. The Kier molecular flexibility index (Phi) is 5.51. The van der Waals surface area contributed by atoms with Gasteiger partial charge in [-0.15, -0.1) is 0 Å². The van der Waals surface area contributed by atoms with Crippen molar-refractivity contribution in [3.8, 4) is 0 Å². The van der Waals surface area contributed by atoms with Crippen molar-refractivity contribution >= 4 is 17.6 Å². The maximum Gasteiger partial charge on any atom is 0.339 e. The zero-order valence-electron chi connectivity index (χ0n) is 14.4. The lowest BCUT2D eigenvalue weighted by Gasteiger charge is -2.16. The van der Waals surface area contributed by atoms with Gasteiger partial charge in [-0.2, -0.15) is 0 Å². The molecule has 0 saturated heterocycles. The van der Waals surface area contributed by atoms with E-state index in [1.54, 1.807) is 13.8 Å². The standard InChI is InChI=1S/C19H19F2NO3/c1-10-8-11(2)16(12(3)9-10)19(24)25-13(4)18(23)22-17-14(20)6-5-7-15(17)21/h5-9,13H,1-4H3,(H,22,23). The van der Waals surface area contributed by atoms with Crippen LogP contribution in [0.1, 0.15) is 34.0 Å². The summed E-state index contributed by atoms with van der Waals surface area (Å²) < 4.78 is 32.3. The average molecular weight is 347 g/mol. The molecule has 0 aliphatic rings. The van der Waals surface area contributed by atoms with E-state index in [2.05, 4.69) is 5.32 Å². The molecular weight excluding hydrogens is 328 g/mol. The summed E-state index contributed by atoms with van der Waals surface area (Å²) in [4.78, 5) is 24.4. The van der Waals surface area contributed by atoms with Gasteiger partial charge in [0.05, 0.1) is 5.56 Å². The van der Waals surface area contributed by atoms with E-state index in [-0.39, 0.29) is 0 Å².